The van der Waals surface area contributed by atoms with E-state index in [9.17, 15) is 9.18 Å². The van der Waals surface area contributed by atoms with E-state index in [0.29, 0.717) is 11.7 Å². The van der Waals surface area contributed by atoms with Crippen LogP contribution in [0.2, 0.25) is 0 Å². The van der Waals surface area contributed by atoms with Crippen LogP contribution in [0.15, 0.2) is 24.3 Å². The number of rotatable bonds is 4. The SMILES string of the molecule is O=C(CNC1CCOCC1)Nc1ccc(F)cc1. The molecule has 1 aromatic rings. The van der Waals surface area contributed by atoms with Crippen LogP contribution in [0.1, 0.15) is 12.8 Å². The highest BCUT2D eigenvalue weighted by molar-refractivity contribution is 5.92. The minimum Gasteiger partial charge on any atom is -0.381 e. The number of amides is 1. The highest BCUT2D eigenvalue weighted by Crippen LogP contribution is 2.08. The third kappa shape index (κ3) is 4.09. The maximum Gasteiger partial charge on any atom is 0.238 e. The van der Waals surface area contributed by atoms with E-state index in [2.05, 4.69) is 10.6 Å². The van der Waals surface area contributed by atoms with Gasteiger partial charge in [0.05, 0.1) is 6.54 Å². The lowest BCUT2D eigenvalue weighted by Gasteiger charge is -2.22. The lowest BCUT2D eigenvalue weighted by molar-refractivity contribution is -0.115. The molecule has 4 nitrogen and oxygen atoms in total. The van der Waals surface area contributed by atoms with Crippen molar-refractivity contribution in [2.75, 3.05) is 25.1 Å². The first-order valence-electron chi connectivity index (χ1n) is 6.10. The summed E-state index contributed by atoms with van der Waals surface area (Å²) < 4.78 is 17.9. The summed E-state index contributed by atoms with van der Waals surface area (Å²) in [4.78, 5) is 11.6. The Kier molecular flexibility index (Phi) is 4.66. The predicted octanol–water partition coefficient (Wildman–Crippen LogP) is 1.53. The van der Waals surface area contributed by atoms with Gasteiger partial charge in [0.25, 0.3) is 0 Å². The molecule has 1 aromatic carbocycles. The van der Waals surface area contributed by atoms with Crippen LogP contribution in [-0.4, -0.2) is 31.7 Å². The van der Waals surface area contributed by atoms with Crippen molar-refractivity contribution in [2.45, 2.75) is 18.9 Å². The van der Waals surface area contributed by atoms with E-state index in [-0.39, 0.29) is 18.3 Å². The molecule has 1 saturated heterocycles. The van der Waals surface area contributed by atoms with Crippen molar-refractivity contribution in [2.24, 2.45) is 0 Å². The molecule has 0 bridgehead atoms. The Bertz CT molecular complexity index is 388. The Morgan fingerprint density at radius 3 is 2.61 bits per heavy atom. The van der Waals surface area contributed by atoms with E-state index in [1.807, 2.05) is 0 Å². The van der Waals surface area contributed by atoms with Gasteiger partial charge >= 0.3 is 0 Å². The largest absolute Gasteiger partial charge is 0.381 e. The Labute approximate surface area is 106 Å². The van der Waals surface area contributed by atoms with Crippen molar-refractivity contribution >= 4 is 11.6 Å². The Hall–Kier alpha value is -1.46. The number of hydrogen-bond donors (Lipinski definition) is 2. The normalized spacial score (nSPS) is 16.5. The summed E-state index contributed by atoms with van der Waals surface area (Å²) in [5.74, 6) is -0.429. The smallest absolute Gasteiger partial charge is 0.238 e. The van der Waals surface area contributed by atoms with Crippen molar-refractivity contribution in [3.8, 4) is 0 Å². The second-order valence-corrected chi connectivity index (χ2v) is 4.32. The van der Waals surface area contributed by atoms with Crippen LogP contribution < -0.4 is 10.6 Å². The summed E-state index contributed by atoms with van der Waals surface area (Å²) in [7, 11) is 0. The van der Waals surface area contributed by atoms with E-state index in [1.54, 1.807) is 12.1 Å². The van der Waals surface area contributed by atoms with Crippen LogP contribution >= 0.6 is 0 Å². The van der Waals surface area contributed by atoms with Crippen molar-refractivity contribution < 1.29 is 13.9 Å². The molecular weight excluding hydrogens is 235 g/mol. The summed E-state index contributed by atoms with van der Waals surface area (Å²) >= 11 is 0. The monoisotopic (exact) mass is 252 g/mol. The molecule has 18 heavy (non-hydrogen) atoms. The summed E-state index contributed by atoms with van der Waals surface area (Å²) in [6, 6.07) is 6.07. The second-order valence-electron chi connectivity index (χ2n) is 4.32. The summed E-state index contributed by atoms with van der Waals surface area (Å²) in [6.07, 6.45) is 1.87. The van der Waals surface area contributed by atoms with Crippen LogP contribution in [0.3, 0.4) is 0 Å². The highest BCUT2D eigenvalue weighted by Gasteiger charge is 2.14. The lowest BCUT2D eigenvalue weighted by atomic mass is 10.1. The molecule has 1 aliphatic heterocycles. The van der Waals surface area contributed by atoms with E-state index in [1.165, 1.54) is 12.1 Å². The van der Waals surface area contributed by atoms with Crippen molar-refractivity contribution in [3.05, 3.63) is 30.1 Å². The number of benzene rings is 1. The van der Waals surface area contributed by atoms with Gasteiger partial charge in [-0.15, -0.1) is 0 Å². The molecule has 0 saturated carbocycles. The number of nitrogens with one attached hydrogen (secondary N) is 2. The van der Waals surface area contributed by atoms with Crippen molar-refractivity contribution in [1.82, 2.24) is 5.32 Å². The van der Waals surface area contributed by atoms with Crippen LogP contribution in [0, 0.1) is 5.82 Å². The zero-order valence-corrected chi connectivity index (χ0v) is 10.1. The van der Waals surface area contributed by atoms with Crippen LogP contribution in [0.4, 0.5) is 10.1 Å². The molecule has 1 aliphatic rings. The molecule has 5 heteroatoms. The summed E-state index contributed by atoms with van der Waals surface area (Å²) in [5.41, 5.74) is 0.607. The average molecular weight is 252 g/mol. The minimum absolute atomic E-state index is 0.117. The van der Waals surface area contributed by atoms with Gasteiger partial charge in [-0.25, -0.2) is 4.39 Å². The molecular formula is C13H17FN2O2. The van der Waals surface area contributed by atoms with Gasteiger partial charge in [0, 0.05) is 24.9 Å². The number of ether oxygens (including phenoxy) is 1. The molecule has 2 rings (SSSR count). The van der Waals surface area contributed by atoms with Crippen molar-refractivity contribution in [1.29, 1.82) is 0 Å². The van der Waals surface area contributed by atoms with Crippen molar-refractivity contribution in [3.63, 3.8) is 0 Å². The second kappa shape index (κ2) is 6.47. The minimum atomic E-state index is -0.312. The molecule has 1 amide bonds. The number of halogens is 1. The third-order valence-corrected chi connectivity index (χ3v) is 2.90. The first-order valence-corrected chi connectivity index (χ1v) is 6.10. The van der Waals surface area contributed by atoms with Gasteiger partial charge in [0.15, 0.2) is 0 Å². The fourth-order valence-electron chi connectivity index (χ4n) is 1.88. The van der Waals surface area contributed by atoms with Gasteiger partial charge in [0.1, 0.15) is 5.82 Å². The molecule has 0 radical (unpaired) electrons. The average Bonchev–Trinajstić information content (AvgIpc) is 2.40. The zero-order valence-electron chi connectivity index (χ0n) is 10.1. The Morgan fingerprint density at radius 1 is 1.28 bits per heavy atom. The van der Waals surface area contributed by atoms with Crippen LogP contribution in [0.5, 0.6) is 0 Å². The van der Waals surface area contributed by atoms with E-state index >= 15 is 0 Å². The Morgan fingerprint density at radius 2 is 1.94 bits per heavy atom. The molecule has 2 N–H and O–H groups in total. The van der Waals surface area contributed by atoms with E-state index < -0.39 is 0 Å². The molecule has 0 atom stereocenters. The fraction of sp³-hybridized carbons (Fsp3) is 0.462. The molecule has 98 valence electrons. The standard InChI is InChI=1S/C13H17FN2O2/c14-10-1-3-12(4-2-10)16-13(17)9-15-11-5-7-18-8-6-11/h1-4,11,15H,5-9H2,(H,16,17). The molecule has 0 spiro atoms. The van der Waals surface area contributed by atoms with Gasteiger partial charge in [0.2, 0.25) is 5.91 Å². The maximum absolute atomic E-state index is 12.7. The fourth-order valence-corrected chi connectivity index (χ4v) is 1.88. The molecule has 0 aliphatic carbocycles. The topological polar surface area (TPSA) is 50.4 Å². The van der Waals surface area contributed by atoms with Crippen LogP contribution in [0.25, 0.3) is 0 Å². The lowest BCUT2D eigenvalue weighted by Crippen LogP contribution is -2.39. The quantitative estimate of drug-likeness (QED) is 0.854. The molecule has 0 aromatic heterocycles. The van der Waals surface area contributed by atoms with E-state index in [0.717, 1.165) is 26.1 Å². The van der Waals surface area contributed by atoms with Crippen LogP contribution in [-0.2, 0) is 9.53 Å². The summed E-state index contributed by atoms with van der Waals surface area (Å²) in [6.45, 7) is 1.76. The molecule has 0 unspecified atom stereocenters. The predicted molar refractivity (Wildman–Crippen MR) is 66.9 cm³/mol. The van der Waals surface area contributed by atoms with Gasteiger partial charge in [-0.3, -0.25) is 4.79 Å². The zero-order chi connectivity index (χ0) is 12.8. The maximum atomic E-state index is 12.7. The first kappa shape index (κ1) is 13.0. The van der Waals surface area contributed by atoms with Gasteiger partial charge in [-0.05, 0) is 37.1 Å². The molecule has 1 fully saturated rings. The summed E-state index contributed by atoms with van der Waals surface area (Å²) in [5, 5.41) is 5.90. The third-order valence-electron chi connectivity index (χ3n) is 2.90. The van der Waals surface area contributed by atoms with Gasteiger partial charge < -0.3 is 15.4 Å². The number of anilines is 1. The molecule has 1 heterocycles. The first-order chi connectivity index (χ1) is 8.74. The van der Waals surface area contributed by atoms with E-state index in [4.69, 9.17) is 4.74 Å². The number of carbonyl (C=O) groups excluding carboxylic acids is 1. The van der Waals surface area contributed by atoms with Gasteiger partial charge in [-0.2, -0.15) is 0 Å². The van der Waals surface area contributed by atoms with Gasteiger partial charge in [-0.1, -0.05) is 0 Å². The number of hydrogen-bond acceptors (Lipinski definition) is 3. The Balaban J connectivity index is 1.73. The highest BCUT2D eigenvalue weighted by atomic mass is 19.1. The number of carbonyl (C=O) groups is 1.